The van der Waals surface area contributed by atoms with Gasteiger partial charge in [0.05, 0.1) is 5.92 Å². The fourth-order valence-electron chi connectivity index (χ4n) is 1.38. The van der Waals surface area contributed by atoms with Crippen LogP contribution in [0.3, 0.4) is 0 Å². The van der Waals surface area contributed by atoms with E-state index in [9.17, 15) is 9.59 Å². The molecule has 0 aromatic rings. The maximum atomic E-state index is 11.5. The van der Waals surface area contributed by atoms with Crippen molar-refractivity contribution in [3.8, 4) is 0 Å². The molecule has 1 aliphatic heterocycles. The van der Waals surface area contributed by atoms with Crippen LogP contribution in [-0.4, -0.2) is 30.7 Å². The highest BCUT2D eigenvalue weighted by atomic mass is 16.6. The summed E-state index contributed by atoms with van der Waals surface area (Å²) in [5.41, 5.74) is -0.571. The van der Waals surface area contributed by atoms with Gasteiger partial charge in [-0.1, -0.05) is 0 Å². The van der Waals surface area contributed by atoms with Gasteiger partial charge < -0.3 is 10.1 Å². The van der Waals surface area contributed by atoms with Crippen LogP contribution in [0.25, 0.3) is 0 Å². The van der Waals surface area contributed by atoms with E-state index in [0.717, 1.165) is 13.0 Å². The monoisotopic (exact) mass is 214 g/mol. The van der Waals surface area contributed by atoms with E-state index in [1.165, 1.54) is 0 Å². The zero-order valence-corrected chi connectivity index (χ0v) is 9.42. The smallest absolute Gasteiger partial charge is 0.414 e. The Morgan fingerprint density at radius 3 is 2.53 bits per heavy atom. The molecule has 0 aromatic heterocycles. The number of rotatable bonds is 1. The number of ether oxygens (including phenoxy) is 1. The Hall–Kier alpha value is -1.10. The molecule has 2 N–H and O–H groups in total. The highest BCUT2D eigenvalue weighted by Gasteiger charge is 2.25. The van der Waals surface area contributed by atoms with Gasteiger partial charge in [0.25, 0.3) is 0 Å². The first-order chi connectivity index (χ1) is 6.88. The maximum Gasteiger partial charge on any atom is 0.414 e. The fraction of sp³-hybridized carbons (Fsp3) is 0.800. The predicted molar refractivity (Wildman–Crippen MR) is 55.4 cm³/mol. The number of hydrogen-bond acceptors (Lipinski definition) is 4. The molecule has 0 unspecified atom stereocenters. The van der Waals surface area contributed by atoms with Gasteiger partial charge in [0, 0.05) is 6.54 Å². The third kappa shape index (κ3) is 4.29. The second-order valence-corrected chi connectivity index (χ2v) is 4.68. The molecule has 1 rings (SSSR count). The Balaban J connectivity index is 2.34. The number of hydrogen-bond donors (Lipinski definition) is 2. The van der Waals surface area contributed by atoms with Crippen LogP contribution in [0, 0.1) is 5.92 Å². The summed E-state index contributed by atoms with van der Waals surface area (Å²) in [5.74, 6) is -0.369. The van der Waals surface area contributed by atoms with Crippen molar-refractivity contribution < 1.29 is 14.3 Å². The summed E-state index contributed by atoms with van der Waals surface area (Å²) in [6.07, 6.45) is 0.105. The van der Waals surface area contributed by atoms with Crippen LogP contribution in [0.5, 0.6) is 0 Å². The van der Waals surface area contributed by atoms with Crippen LogP contribution in [0.4, 0.5) is 4.79 Å². The van der Waals surface area contributed by atoms with Crippen LogP contribution in [0.2, 0.25) is 0 Å². The highest BCUT2D eigenvalue weighted by molar-refractivity contribution is 5.93. The van der Waals surface area contributed by atoms with E-state index >= 15 is 0 Å². The second kappa shape index (κ2) is 4.61. The van der Waals surface area contributed by atoms with Gasteiger partial charge in [-0.3, -0.25) is 10.1 Å². The minimum atomic E-state index is -0.667. The lowest BCUT2D eigenvalue weighted by molar-refractivity contribution is -0.124. The van der Waals surface area contributed by atoms with Crippen molar-refractivity contribution >= 4 is 12.0 Å². The summed E-state index contributed by atoms with van der Waals surface area (Å²) in [5, 5.41) is 5.30. The lowest BCUT2D eigenvalue weighted by Crippen LogP contribution is -2.40. The van der Waals surface area contributed by atoms with E-state index < -0.39 is 11.7 Å². The summed E-state index contributed by atoms with van der Waals surface area (Å²) in [6, 6.07) is 0. The quantitative estimate of drug-likeness (QED) is 0.672. The molecule has 1 aliphatic rings. The standard InChI is InChI=1S/C10H18N2O3/c1-10(2,3)15-9(14)12-8(13)7-4-5-11-6-7/h7,11H,4-6H2,1-3H3,(H,12,13,14)/t7-/m1/s1. The van der Waals surface area contributed by atoms with Gasteiger partial charge in [0.1, 0.15) is 5.60 Å². The summed E-state index contributed by atoms with van der Waals surface area (Å²) in [6.45, 7) is 6.73. The van der Waals surface area contributed by atoms with Crippen LogP contribution < -0.4 is 10.6 Å². The molecule has 86 valence electrons. The van der Waals surface area contributed by atoms with Crippen LogP contribution in [0.1, 0.15) is 27.2 Å². The molecule has 1 fully saturated rings. The molecule has 0 saturated carbocycles. The van der Waals surface area contributed by atoms with Crippen LogP contribution in [0.15, 0.2) is 0 Å². The van der Waals surface area contributed by atoms with Gasteiger partial charge >= 0.3 is 6.09 Å². The average Bonchev–Trinajstić information content (AvgIpc) is 2.50. The number of alkyl carbamates (subject to hydrolysis) is 1. The minimum absolute atomic E-state index is 0.113. The molecule has 5 nitrogen and oxygen atoms in total. The summed E-state index contributed by atoms with van der Waals surface area (Å²) >= 11 is 0. The highest BCUT2D eigenvalue weighted by Crippen LogP contribution is 2.09. The van der Waals surface area contributed by atoms with Crippen molar-refractivity contribution in [2.75, 3.05) is 13.1 Å². The first kappa shape index (κ1) is 12.0. The summed E-state index contributed by atoms with van der Waals surface area (Å²) in [7, 11) is 0. The molecule has 0 aliphatic carbocycles. The zero-order chi connectivity index (χ0) is 11.5. The minimum Gasteiger partial charge on any atom is -0.444 e. The first-order valence-corrected chi connectivity index (χ1v) is 5.13. The molecular formula is C10H18N2O3. The van der Waals surface area contributed by atoms with Crippen molar-refractivity contribution in [1.29, 1.82) is 0 Å². The van der Waals surface area contributed by atoms with Gasteiger partial charge in [-0.15, -0.1) is 0 Å². The Kier molecular flexibility index (Phi) is 3.68. The molecule has 1 atom stereocenters. The largest absolute Gasteiger partial charge is 0.444 e. The van der Waals surface area contributed by atoms with Gasteiger partial charge in [-0.25, -0.2) is 4.79 Å². The van der Waals surface area contributed by atoms with E-state index in [1.807, 2.05) is 0 Å². The molecular weight excluding hydrogens is 196 g/mol. The second-order valence-electron chi connectivity index (χ2n) is 4.68. The average molecular weight is 214 g/mol. The Labute approximate surface area is 89.6 Å². The molecule has 0 bridgehead atoms. The number of amides is 2. The molecule has 1 saturated heterocycles. The summed E-state index contributed by atoms with van der Waals surface area (Å²) < 4.78 is 4.98. The van der Waals surface area contributed by atoms with Crippen molar-refractivity contribution in [2.45, 2.75) is 32.8 Å². The van der Waals surface area contributed by atoms with Crippen molar-refractivity contribution in [3.63, 3.8) is 0 Å². The third-order valence-electron chi connectivity index (χ3n) is 2.06. The number of imide groups is 1. The van der Waals surface area contributed by atoms with Gasteiger partial charge in [-0.2, -0.15) is 0 Å². The Morgan fingerprint density at radius 1 is 1.40 bits per heavy atom. The van der Waals surface area contributed by atoms with Crippen LogP contribution >= 0.6 is 0 Å². The third-order valence-corrected chi connectivity index (χ3v) is 2.06. The van der Waals surface area contributed by atoms with Crippen LogP contribution in [-0.2, 0) is 9.53 Å². The lowest BCUT2D eigenvalue weighted by Gasteiger charge is -2.19. The normalized spacial score (nSPS) is 21.1. The molecule has 0 radical (unpaired) electrons. The van der Waals surface area contributed by atoms with E-state index in [1.54, 1.807) is 20.8 Å². The molecule has 15 heavy (non-hydrogen) atoms. The first-order valence-electron chi connectivity index (χ1n) is 5.13. The molecule has 0 aromatic carbocycles. The summed E-state index contributed by atoms with van der Waals surface area (Å²) in [4.78, 5) is 22.7. The SMILES string of the molecule is CC(C)(C)OC(=O)NC(=O)[C@@H]1CCNC1. The molecule has 5 heteroatoms. The van der Waals surface area contributed by atoms with E-state index in [2.05, 4.69) is 10.6 Å². The number of carbonyl (C=O) groups is 2. The topological polar surface area (TPSA) is 67.4 Å². The van der Waals surface area contributed by atoms with E-state index in [0.29, 0.717) is 6.54 Å². The maximum absolute atomic E-state index is 11.5. The van der Waals surface area contributed by atoms with Crippen molar-refractivity contribution in [2.24, 2.45) is 5.92 Å². The Morgan fingerprint density at radius 2 is 2.07 bits per heavy atom. The van der Waals surface area contributed by atoms with Gasteiger partial charge in [-0.05, 0) is 33.7 Å². The van der Waals surface area contributed by atoms with Crippen molar-refractivity contribution in [3.05, 3.63) is 0 Å². The van der Waals surface area contributed by atoms with E-state index in [-0.39, 0.29) is 11.8 Å². The molecule has 1 heterocycles. The fourth-order valence-corrected chi connectivity index (χ4v) is 1.38. The van der Waals surface area contributed by atoms with Crippen molar-refractivity contribution in [1.82, 2.24) is 10.6 Å². The molecule has 0 spiro atoms. The number of carbonyl (C=O) groups excluding carboxylic acids is 2. The van der Waals surface area contributed by atoms with Gasteiger partial charge in [0.15, 0.2) is 0 Å². The molecule has 2 amide bonds. The van der Waals surface area contributed by atoms with E-state index in [4.69, 9.17) is 4.74 Å². The van der Waals surface area contributed by atoms with Gasteiger partial charge in [0.2, 0.25) is 5.91 Å². The lowest BCUT2D eigenvalue weighted by atomic mass is 10.1. The zero-order valence-electron chi connectivity index (χ0n) is 9.42. The number of nitrogens with one attached hydrogen (secondary N) is 2. The Bertz CT molecular complexity index is 252. The predicted octanol–water partition coefficient (Wildman–Crippen LogP) is 0.647.